The number of nitrogens with zero attached hydrogens (tertiary/aromatic N) is 1. The molecule has 3 unspecified atom stereocenters. The summed E-state index contributed by atoms with van der Waals surface area (Å²) in [5, 5.41) is 0. The van der Waals surface area contributed by atoms with Crippen molar-refractivity contribution in [2.24, 2.45) is 11.8 Å². The van der Waals surface area contributed by atoms with E-state index >= 15 is 0 Å². The van der Waals surface area contributed by atoms with Crippen LogP contribution < -0.4 is 16.0 Å². The lowest BCUT2D eigenvalue weighted by molar-refractivity contribution is 0.0969. The van der Waals surface area contributed by atoms with Crippen LogP contribution in [0.3, 0.4) is 0 Å². The van der Waals surface area contributed by atoms with Crippen LogP contribution in [0.15, 0.2) is 11.1 Å². The Kier molecular flexibility index (Phi) is 3.36. The van der Waals surface area contributed by atoms with Crippen molar-refractivity contribution in [3.63, 3.8) is 0 Å². The second-order valence-electron chi connectivity index (χ2n) is 4.96. The highest BCUT2D eigenvalue weighted by Crippen LogP contribution is 2.31. The Morgan fingerprint density at radius 1 is 1.41 bits per heavy atom. The Morgan fingerprint density at radius 3 is 2.88 bits per heavy atom. The average molecular weight is 237 g/mol. The third-order valence-electron chi connectivity index (χ3n) is 3.68. The van der Waals surface area contributed by atoms with E-state index in [0.717, 1.165) is 25.2 Å². The van der Waals surface area contributed by atoms with Crippen LogP contribution in [0, 0.1) is 11.8 Å². The quantitative estimate of drug-likeness (QED) is 0.817. The van der Waals surface area contributed by atoms with Gasteiger partial charge >= 0.3 is 0 Å². The van der Waals surface area contributed by atoms with Crippen molar-refractivity contribution in [1.82, 2.24) is 9.97 Å². The first kappa shape index (κ1) is 12.0. The van der Waals surface area contributed by atoms with Crippen molar-refractivity contribution in [3.8, 4) is 5.88 Å². The smallest absolute Gasteiger partial charge is 0.277 e. The number of H-pyrrole nitrogens is 1. The number of nitrogens with two attached hydrogens (primary N) is 1. The lowest BCUT2D eigenvalue weighted by Gasteiger charge is -2.31. The van der Waals surface area contributed by atoms with Crippen LogP contribution in [0.2, 0.25) is 0 Å². The first-order valence-corrected chi connectivity index (χ1v) is 6.07. The molecule has 1 aromatic rings. The number of ether oxygens (including phenoxy) is 1. The van der Waals surface area contributed by atoms with Crippen LogP contribution in [0.25, 0.3) is 0 Å². The van der Waals surface area contributed by atoms with Crippen LogP contribution in [-0.4, -0.2) is 16.1 Å². The van der Waals surface area contributed by atoms with E-state index < -0.39 is 0 Å². The molecular formula is C12H19N3O2. The average Bonchev–Trinajstić information content (AvgIpc) is 2.30. The van der Waals surface area contributed by atoms with Gasteiger partial charge in [0.05, 0.1) is 6.33 Å². The molecule has 2 rings (SSSR count). The molecule has 94 valence electrons. The van der Waals surface area contributed by atoms with Gasteiger partial charge in [0.1, 0.15) is 6.10 Å². The molecule has 1 fully saturated rings. The zero-order valence-corrected chi connectivity index (χ0v) is 10.3. The van der Waals surface area contributed by atoms with Crippen molar-refractivity contribution in [1.29, 1.82) is 0 Å². The molecule has 1 aliphatic rings. The summed E-state index contributed by atoms with van der Waals surface area (Å²) in [5.74, 6) is 1.64. The molecule has 0 spiro atoms. The molecule has 1 heterocycles. The highest BCUT2D eigenvalue weighted by atomic mass is 16.5. The summed E-state index contributed by atoms with van der Waals surface area (Å²) in [6.07, 6.45) is 4.59. The molecule has 1 saturated carbocycles. The Morgan fingerprint density at radius 2 is 2.18 bits per heavy atom. The van der Waals surface area contributed by atoms with Gasteiger partial charge in [-0.15, -0.1) is 0 Å². The highest BCUT2D eigenvalue weighted by molar-refractivity contribution is 5.44. The first-order chi connectivity index (χ1) is 8.08. The Labute approximate surface area is 100 Å². The number of rotatable bonds is 2. The fourth-order valence-electron chi connectivity index (χ4n) is 2.25. The van der Waals surface area contributed by atoms with Gasteiger partial charge in [0.25, 0.3) is 5.56 Å². The SMILES string of the molecule is CC1CCC(Oc2nc[nH]c(=O)c2N)CC1C. The van der Waals surface area contributed by atoms with Crippen LogP contribution in [0.5, 0.6) is 5.88 Å². The second kappa shape index (κ2) is 4.77. The number of hydrogen-bond acceptors (Lipinski definition) is 4. The van der Waals surface area contributed by atoms with Crippen LogP contribution in [-0.2, 0) is 0 Å². The minimum absolute atomic E-state index is 0.0683. The van der Waals surface area contributed by atoms with Gasteiger partial charge in [-0.2, -0.15) is 0 Å². The van der Waals surface area contributed by atoms with Gasteiger partial charge in [0, 0.05) is 0 Å². The Hall–Kier alpha value is -1.52. The maximum Gasteiger partial charge on any atom is 0.277 e. The molecular weight excluding hydrogens is 218 g/mol. The maximum absolute atomic E-state index is 11.3. The van der Waals surface area contributed by atoms with Crippen molar-refractivity contribution < 1.29 is 4.74 Å². The van der Waals surface area contributed by atoms with E-state index in [0.29, 0.717) is 5.92 Å². The zero-order valence-electron chi connectivity index (χ0n) is 10.3. The van der Waals surface area contributed by atoms with Gasteiger partial charge in [-0.25, -0.2) is 4.98 Å². The summed E-state index contributed by atoms with van der Waals surface area (Å²) < 4.78 is 5.73. The van der Waals surface area contributed by atoms with Crippen LogP contribution in [0.4, 0.5) is 5.69 Å². The Bertz CT molecular complexity index is 444. The topological polar surface area (TPSA) is 81.0 Å². The number of aromatic amines is 1. The van der Waals surface area contributed by atoms with Gasteiger partial charge < -0.3 is 15.5 Å². The van der Waals surface area contributed by atoms with Crippen LogP contribution >= 0.6 is 0 Å². The number of nitrogen functional groups attached to an aromatic ring is 1. The molecule has 1 aromatic heterocycles. The molecule has 0 aliphatic heterocycles. The van der Waals surface area contributed by atoms with Crippen molar-refractivity contribution in [2.75, 3.05) is 5.73 Å². The normalized spacial score (nSPS) is 28.9. The van der Waals surface area contributed by atoms with Crippen LogP contribution in [0.1, 0.15) is 33.1 Å². The van der Waals surface area contributed by atoms with Gasteiger partial charge in [-0.3, -0.25) is 4.79 Å². The summed E-state index contributed by atoms with van der Waals surface area (Å²) in [5.41, 5.74) is 5.36. The van der Waals surface area contributed by atoms with Gasteiger partial charge in [0.15, 0.2) is 5.69 Å². The Balaban J connectivity index is 2.06. The molecule has 17 heavy (non-hydrogen) atoms. The summed E-state index contributed by atoms with van der Waals surface area (Å²) in [4.78, 5) is 17.7. The van der Waals surface area contributed by atoms with E-state index in [1.807, 2.05) is 0 Å². The minimum atomic E-state index is -0.341. The fraction of sp³-hybridized carbons (Fsp3) is 0.667. The number of anilines is 1. The lowest BCUT2D eigenvalue weighted by Crippen LogP contribution is -2.30. The largest absolute Gasteiger partial charge is 0.473 e. The lowest BCUT2D eigenvalue weighted by atomic mass is 9.80. The molecule has 0 bridgehead atoms. The summed E-state index contributed by atoms with van der Waals surface area (Å²) >= 11 is 0. The predicted molar refractivity (Wildman–Crippen MR) is 65.9 cm³/mol. The van der Waals surface area contributed by atoms with E-state index in [4.69, 9.17) is 10.5 Å². The van der Waals surface area contributed by atoms with E-state index in [1.165, 1.54) is 6.33 Å². The molecule has 1 aliphatic carbocycles. The summed E-state index contributed by atoms with van der Waals surface area (Å²) in [6, 6.07) is 0. The monoisotopic (exact) mass is 237 g/mol. The number of nitrogens with one attached hydrogen (secondary N) is 1. The van der Waals surface area contributed by atoms with Gasteiger partial charge in [-0.1, -0.05) is 13.8 Å². The standard InChI is InChI=1S/C12H19N3O2/c1-7-3-4-9(5-8(7)2)17-12-10(13)11(16)14-6-15-12/h6-9H,3-5,13H2,1-2H3,(H,14,15,16). The van der Waals surface area contributed by atoms with Crippen molar-refractivity contribution in [2.45, 2.75) is 39.2 Å². The number of aromatic nitrogens is 2. The predicted octanol–water partition coefficient (Wildman–Crippen LogP) is 1.56. The molecule has 3 N–H and O–H groups in total. The molecule has 5 nitrogen and oxygen atoms in total. The second-order valence-corrected chi connectivity index (χ2v) is 4.96. The zero-order chi connectivity index (χ0) is 12.4. The third-order valence-corrected chi connectivity index (χ3v) is 3.68. The van der Waals surface area contributed by atoms with Gasteiger partial charge in [0.2, 0.25) is 5.88 Å². The summed E-state index contributed by atoms with van der Waals surface area (Å²) in [7, 11) is 0. The molecule has 0 aromatic carbocycles. The molecule has 0 saturated heterocycles. The van der Waals surface area contributed by atoms with Crippen molar-refractivity contribution in [3.05, 3.63) is 16.7 Å². The van der Waals surface area contributed by atoms with Crippen molar-refractivity contribution >= 4 is 5.69 Å². The van der Waals surface area contributed by atoms with Gasteiger partial charge in [-0.05, 0) is 31.1 Å². The number of hydrogen-bond donors (Lipinski definition) is 2. The molecule has 5 heteroatoms. The highest BCUT2D eigenvalue weighted by Gasteiger charge is 2.26. The van der Waals surface area contributed by atoms with E-state index in [-0.39, 0.29) is 23.2 Å². The first-order valence-electron chi connectivity index (χ1n) is 6.07. The molecule has 0 amide bonds. The van der Waals surface area contributed by atoms with E-state index in [9.17, 15) is 4.79 Å². The van der Waals surface area contributed by atoms with E-state index in [2.05, 4.69) is 23.8 Å². The summed E-state index contributed by atoms with van der Waals surface area (Å²) in [6.45, 7) is 4.50. The molecule has 0 radical (unpaired) electrons. The van der Waals surface area contributed by atoms with E-state index in [1.54, 1.807) is 0 Å². The fourth-order valence-corrected chi connectivity index (χ4v) is 2.25. The minimum Gasteiger partial charge on any atom is -0.473 e. The third kappa shape index (κ3) is 2.60. The maximum atomic E-state index is 11.3. The molecule has 3 atom stereocenters.